The number of nitrogens with zero attached hydrogens (tertiary/aromatic N) is 1. The van der Waals surface area contributed by atoms with Gasteiger partial charge >= 0.3 is 5.97 Å². The molecule has 2 N–H and O–H groups in total. The number of aromatic nitrogens is 1. The highest BCUT2D eigenvalue weighted by atomic mass is 16.4. The average Bonchev–Trinajstić information content (AvgIpc) is 2.67. The molecule has 1 unspecified atom stereocenters. The Bertz CT molecular complexity index is 590. The highest BCUT2D eigenvalue weighted by Gasteiger charge is 2.35. The van der Waals surface area contributed by atoms with E-state index in [1.807, 2.05) is 0 Å². The predicted octanol–water partition coefficient (Wildman–Crippen LogP) is 1.86. The average molecular weight is 249 g/mol. The van der Waals surface area contributed by atoms with E-state index < -0.39 is 11.4 Å². The first-order chi connectivity index (χ1) is 8.47. The second-order valence-electron chi connectivity index (χ2n) is 4.53. The van der Waals surface area contributed by atoms with E-state index in [0.717, 1.165) is 0 Å². The highest BCUT2D eigenvalue weighted by molar-refractivity contribution is 5.83. The molecular formula is C13H15NO4. The number of aryl methyl sites for hydroxylation is 1. The molecule has 18 heavy (non-hydrogen) atoms. The summed E-state index contributed by atoms with van der Waals surface area (Å²) in [5.41, 5.74) is 0.767. The Balaban J connectivity index is 2.54. The van der Waals surface area contributed by atoms with E-state index >= 15 is 0 Å². The lowest BCUT2D eigenvalue weighted by atomic mass is 9.80. The molecule has 0 aliphatic carbocycles. The number of carbonyl (C=O) groups is 1. The minimum absolute atomic E-state index is 0.157. The van der Waals surface area contributed by atoms with Gasteiger partial charge < -0.3 is 14.6 Å². The van der Waals surface area contributed by atoms with E-state index in [9.17, 15) is 9.90 Å². The van der Waals surface area contributed by atoms with E-state index in [2.05, 4.69) is 4.98 Å². The maximum atomic E-state index is 11.4. The number of hydrogen-bond acceptors (Lipinski definition) is 4. The van der Waals surface area contributed by atoms with Gasteiger partial charge in [0, 0.05) is 13.5 Å². The largest absolute Gasteiger partial charge is 0.481 e. The van der Waals surface area contributed by atoms with Crippen LogP contribution in [0.1, 0.15) is 24.8 Å². The smallest absolute Gasteiger partial charge is 0.313 e. The van der Waals surface area contributed by atoms with Crippen molar-refractivity contribution in [2.24, 2.45) is 0 Å². The number of aliphatic hydroxyl groups excluding tert-OH is 1. The van der Waals surface area contributed by atoms with E-state index in [0.29, 0.717) is 22.6 Å². The van der Waals surface area contributed by atoms with Crippen molar-refractivity contribution in [3.8, 4) is 0 Å². The van der Waals surface area contributed by atoms with Gasteiger partial charge in [0.05, 0.1) is 5.41 Å². The molecule has 96 valence electrons. The molecule has 5 nitrogen and oxygen atoms in total. The van der Waals surface area contributed by atoms with Crippen molar-refractivity contribution in [2.75, 3.05) is 6.61 Å². The summed E-state index contributed by atoms with van der Waals surface area (Å²) in [6.07, 6.45) is 0.157. The van der Waals surface area contributed by atoms with Gasteiger partial charge in [-0.3, -0.25) is 4.79 Å². The van der Waals surface area contributed by atoms with Gasteiger partial charge in [-0.25, -0.2) is 4.98 Å². The number of aliphatic hydroxyl groups is 1. The van der Waals surface area contributed by atoms with Crippen LogP contribution in [0.15, 0.2) is 22.6 Å². The van der Waals surface area contributed by atoms with E-state index in [4.69, 9.17) is 9.52 Å². The number of oxazole rings is 1. The minimum atomic E-state index is -1.12. The van der Waals surface area contributed by atoms with E-state index in [-0.39, 0.29) is 13.0 Å². The SMILES string of the molecule is Cc1nc2cc(C(C)(CCO)C(=O)O)ccc2o1. The van der Waals surface area contributed by atoms with Gasteiger partial charge in [-0.1, -0.05) is 6.07 Å². The molecule has 2 aromatic rings. The van der Waals surface area contributed by atoms with Crippen molar-refractivity contribution in [3.05, 3.63) is 29.7 Å². The molecule has 0 spiro atoms. The summed E-state index contributed by atoms with van der Waals surface area (Å²) in [6, 6.07) is 5.12. The number of carboxylic acid groups (broad SMARTS) is 1. The van der Waals surface area contributed by atoms with E-state index in [1.54, 1.807) is 32.0 Å². The van der Waals surface area contributed by atoms with Crippen LogP contribution in [-0.2, 0) is 10.2 Å². The number of rotatable bonds is 4. The maximum Gasteiger partial charge on any atom is 0.313 e. The fraction of sp³-hybridized carbons (Fsp3) is 0.385. The van der Waals surface area contributed by atoms with Crippen molar-refractivity contribution in [3.63, 3.8) is 0 Å². The number of hydrogen-bond donors (Lipinski definition) is 2. The molecule has 1 aromatic heterocycles. The van der Waals surface area contributed by atoms with Crippen molar-refractivity contribution < 1.29 is 19.4 Å². The second-order valence-corrected chi connectivity index (χ2v) is 4.53. The lowest BCUT2D eigenvalue weighted by molar-refractivity contribution is -0.143. The fourth-order valence-corrected chi connectivity index (χ4v) is 1.98. The van der Waals surface area contributed by atoms with Crippen LogP contribution >= 0.6 is 0 Å². The molecule has 0 aliphatic heterocycles. The highest BCUT2D eigenvalue weighted by Crippen LogP contribution is 2.30. The van der Waals surface area contributed by atoms with Gasteiger partial charge in [0.15, 0.2) is 11.5 Å². The molecular weight excluding hydrogens is 234 g/mol. The minimum Gasteiger partial charge on any atom is -0.481 e. The normalized spacial score (nSPS) is 14.6. The Morgan fingerprint density at radius 2 is 2.22 bits per heavy atom. The predicted molar refractivity (Wildman–Crippen MR) is 65.4 cm³/mol. The molecule has 0 aliphatic rings. The summed E-state index contributed by atoms with van der Waals surface area (Å²) in [4.78, 5) is 15.6. The molecule has 2 rings (SSSR count). The summed E-state index contributed by atoms with van der Waals surface area (Å²) in [6.45, 7) is 3.15. The van der Waals surface area contributed by atoms with Gasteiger partial charge in [0.1, 0.15) is 5.52 Å². The first kappa shape index (κ1) is 12.6. The zero-order valence-corrected chi connectivity index (χ0v) is 10.3. The summed E-state index contributed by atoms with van der Waals surface area (Å²) >= 11 is 0. The van der Waals surface area contributed by atoms with Crippen LogP contribution in [0.2, 0.25) is 0 Å². The summed E-state index contributed by atoms with van der Waals surface area (Å²) in [5, 5.41) is 18.4. The van der Waals surface area contributed by atoms with Crippen LogP contribution in [0.4, 0.5) is 0 Å². The number of aliphatic carboxylic acids is 1. The lowest BCUT2D eigenvalue weighted by Crippen LogP contribution is -2.33. The summed E-state index contributed by atoms with van der Waals surface area (Å²) in [5.74, 6) is -0.419. The third kappa shape index (κ3) is 1.97. The molecule has 0 radical (unpaired) electrons. The van der Waals surface area contributed by atoms with Gasteiger partial charge in [0.25, 0.3) is 0 Å². The van der Waals surface area contributed by atoms with Crippen molar-refractivity contribution in [1.82, 2.24) is 4.98 Å². The molecule has 1 aromatic carbocycles. The Hall–Kier alpha value is -1.88. The zero-order chi connectivity index (χ0) is 13.3. The fourth-order valence-electron chi connectivity index (χ4n) is 1.98. The van der Waals surface area contributed by atoms with Crippen LogP contribution < -0.4 is 0 Å². The van der Waals surface area contributed by atoms with Crippen molar-refractivity contribution in [2.45, 2.75) is 25.7 Å². The third-order valence-electron chi connectivity index (χ3n) is 3.22. The number of fused-ring (bicyclic) bond motifs is 1. The Morgan fingerprint density at radius 3 is 2.83 bits per heavy atom. The molecule has 1 atom stereocenters. The van der Waals surface area contributed by atoms with Crippen LogP contribution in [0.3, 0.4) is 0 Å². The maximum absolute atomic E-state index is 11.4. The van der Waals surface area contributed by atoms with E-state index in [1.165, 1.54) is 0 Å². The number of benzene rings is 1. The van der Waals surface area contributed by atoms with Gasteiger partial charge in [0.2, 0.25) is 0 Å². The monoisotopic (exact) mass is 249 g/mol. The molecule has 0 amide bonds. The van der Waals surface area contributed by atoms with Crippen LogP contribution in [-0.4, -0.2) is 27.8 Å². The number of carboxylic acids is 1. The lowest BCUT2D eigenvalue weighted by Gasteiger charge is -2.24. The first-order valence-corrected chi connectivity index (χ1v) is 5.69. The van der Waals surface area contributed by atoms with Crippen LogP contribution in [0.5, 0.6) is 0 Å². The van der Waals surface area contributed by atoms with Crippen molar-refractivity contribution >= 4 is 17.1 Å². The zero-order valence-electron chi connectivity index (χ0n) is 10.3. The van der Waals surface area contributed by atoms with Gasteiger partial charge in [-0.05, 0) is 31.0 Å². The standard InChI is InChI=1S/C13H15NO4/c1-8-14-10-7-9(3-4-11(10)18-8)13(2,5-6-15)12(16)17/h3-4,7,15H,5-6H2,1-2H3,(H,16,17). The second kappa shape index (κ2) is 4.42. The molecule has 0 saturated heterocycles. The Morgan fingerprint density at radius 1 is 1.50 bits per heavy atom. The summed E-state index contributed by atoms with van der Waals surface area (Å²) in [7, 11) is 0. The quantitative estimate of drug-likeness (QED) is 0.864. The molecule has 5 heteroatoms. The molecule has 1 heterocycles. The third-order valence-corrected chi connectivity index (χ3v) is 3.22. The Labute approximate surface area is 104 Å². The Kier molecular flexibility index (Phi) is 3.09. The topological polar surface area (TPSA) is 83.6 Å². The van der Waals surface area contributed by atoms with Crippen molar-refractivity contribution in [1.29, 1.82) is 0 Å². The molecule has 0 saturated carbocycles. The van der Waals surface area contributed by atoms with Crippen LogP contribution in [0, 0.1) is 6.92 Å². The van der Waals surface area contributed by atoms with Gasteiger partial charge in [-0.2, -0.15) is 0 Å². The first-order valence-electron chi connectivity index (χ1n) is 5.69. The van der Waals surface area contributed by atoms with Gasteiger partial charge in [-0.15, -0.1) is 0 Å². The van der Waals surface area contributed by atoms with Crippen LogP contribution in [0.25, 0.3) is 11.1 Å². The summed E-state index contributed by atoms with van der Waals surface area (Å²) < 4.78 is 5.35. The molecule has 0 fully saturated rings. The molecule has 0 bridgehead atoms.